The Morgan fingerprint density at radius 3 is 2.61 bits per heavy atom. The van der Waals surface area contributed by atoms with E-state index in [0.29, 0.717) is 6.42 Å². The number of nitrogens with zero attached hydrogens (tertiary/aromatic N) is 4. The zero-order valence-corrected chi connectivity index (χ0v) is 24.2. The molecule has 9 unspecified atom stereocenters. The number of hydrogen-bond donors (Lipinski definition) is 2. The van der Waals surface area contributed by atoms with Crippen LogP contribution in [0.1, 0.15) is 40.0 Å². The Morgan fingerprint density at radius 2 is 1.95 bits per heavy atom. The molecule has 5 aliphatic rings. The van der Waals surface area contributed by atoms with E-state index in [2.05, 4.69) is 15.6 Å². The van der Waals surface area contributed by atoms with Crippen LogP contribution in [0.15, 0.2) is 12.3 Å². The van der Waals surface area contributed by atoms with Crippen LogP contribution < -0.4 is 15.4 Å². The Morgan fingerprint density at radius 1 is 1.23 bits per heavy atom. The smallest absolute Gasteiger partial charge is 0.315 e. The van der Waals surface area contributed by atoms with Crippen molar-refractivity contribution >= 4 is 29.4 Å². The van der Waals surface area contributed by atoms with E-state index in [-0.39, 0.29) is 42.8 Å². The standard InChI is InChI=1S/C29H32F4N6O5/c1-28(2,3)21(36-24(40)22(32)33)26(42)38-10-16-12-4-15(17(31)5-12)19(16)20(38)25(41)39-11-29(7-14(39)8-34)27(43)37-23-18(44-29)6-13(30)9-35-23/h6,9,12,14-17,19-22H,4-5,7,10-11H2,1-3H3,(H,36,40)(H,35,37,43). The molecule has 1 spiro atoms. The number of rotatable bonds is 4. The summed E-state index contributed by atoms with van der Waals surface area (Å²) in [6.07, 6.45) is -3.14. The van der Waals surface area contributed by atoms with Crippen molar-refractivity contribution in [2.45, 2.75) is 76.4 Å². The zero-order valence-electron chi connectivity index (χ0n) is 24.2. The van der Waals surface area contributed by atoms with Crippen LogP contribution in [-0.2, 0) is 19.2 Å². The molecule has 236 valence electrons. The minimum absolute atomic E-state index is 0.0225. The number of alkyl halides is 3. The van der Waals surface area contributed by atoms with Crippen molar-refractivity contribution in [2.24, 2.45) is 29.1 Å². The van der Waals surface area contributed by atoms with Crippen LogP contribution in [-0.4, -0.2) is 87.8 Å². The molecule has 2 saturated heterocycles. The van der Waals surface area contributed by atoms with Crippen LogP contribution in [0.2, 0.25) is 0 Å². The van der Waals surface area contributed by atoms with E-state index in [1.165, 1.54) is 4.90 Å². The molecule has 4 fully saturated rings. The number of nitriles is 1. The van der Waals surface area contributed by atoms with Gasteiger partial charge in [0.05, 0.1) is 18.8 Å². The Hall–Kier alpha value is -3.96. The lowest BCUT2D eigenvalue weighted by atomic mass is 9.77. The van der Waals surface area contributed by atoms with Gasteiger partial charge in [-0.25, -0.2) is 13.8 Å². The van der Waals surface area contributed by atoms with Gasteiger partial charge >= 0.3 is 6.43 Å². The average molecular weight is 621 g/mol. The third-order valence-electron chi connectivity index (χ3n) is 9.93. The summed E-state index contributed by atoms with van der Waals surface area (Å²) in [6, 6.07) is -0.849. The molecule has 1 aromatic heterocycles. The summed E-state index contributed by atoms with van der Waals surface area (Å²) in [5.41, 5.74) is -2.80. The maximum absolute atomic E-state index is 15.1. The second-order valence-corrected chi connectivity index (χ2v) is 13.6. The first kappa shape index (κ1) is 30.1. The van der Waals surface area contributed by atoms with Crippen molar-refractivity contribution in [3.63, 3.8) is 0 Å². The van der Waals surface area contributed by atoms with Gasteiger partial charge in [-0.05, 0) is 41.9 Å². The number of carbonyl (C=O) groups excluding carboxylic acids is 4. The number of pyridine rings is 1. The fourth-order valence-electron chi connectivity index (χ4n) is 7.97. The number of amides is 4. The number of anilines is 1. The fourth-order valence-corrected chi connectivity index (χ4v) is 7.97. The Labute approximate surface area is 250 Å². The van der Waals surface area contributed by atoms with Crippen molar-refractivity contribution in [1.82, 2.24) is 20.1 Å². The van der Waals surface area contributed by atoms with Gasteiger partial charge < -0.3 is 25.2 Å². The predicted molar refractivity (Wildman–Crippen MR) is 143 cm³/mol. The highest BCUT2D eigenvalue weighted by molar-refractivity contribution is 6.01. The third kappa shape index (κ3) is 4.64. The van der Waals surface area contributed by atoms with E-state index in [1.54, 1.807) is 20.8 Å². The van der Waals surface area contributed by atoms with Gasteiger partial charge in [0, 0.05) is 19.0 Å². The van der Waals surface area contributed by atoms with Gasteiger partial charge in [-0.15, -0.1) is 0 Å². The Balaban J connectivity index is 1.34. The number of aromatic nitrogens is 1. The lowest BCUT2D eigenvalue weighted by Gasteiger charge is -2.39. The molecule has 4 heterocycles. The van der Waals surface area contributed by atoms with Crippen molar-refractivity contribution in [3.8, 4) is 11.8 Å². The van der Waals surface area contributed by atoms with Gasteiger partial charge in [-0.1, -0.05) is 20.8 Å². The second kappa shape index (κ2) is 10.3. The first-order valence-corrected chi connectivity index (χ1v) is 14.5. The zero-order chi connectivity index (χ0) is 31.9. The molecule has 1 aromatic rings. The Bertz CT molecular complexity index is 1460. The van der Waals surface area contributed by atoms with Crippen LogP contribution in [0.25, 0.3) is 0 Å². The van der Waals surface area contributed by atoms with Gasteiger partial charge in [0.15, 0.2) is 11.6 Å². The van der Waals surface area contributed by atoms with E-state index in [0.717, 1.165) is 17.2 Å². The molecule has 2 aliphatic carbocycles. The van der Waals surface area contributed by atoms with Crippen molar-refractivity contribution in [1.29, 1.82) is 5.26 Å². The third-order valence-corrected chi connectivity index (χ3v) is 9.93. The summed E-state index contributed by atoms with van der Waals surface area (Å²) in [5, 5.41) is 14.7. The van der Waals surface area contributed by atoms with Crippen LogP contribution in [0.3, 0.4) is 0 Å². The van der Waals surface area contributed by atoms with Crippen molar-refractivity contribution < 1.29 is 41.5 Å². The number of nitrogens with one attached hydrogen (secondary N) is 2. The highest BCUT2D eigenvalue weighted by atomic mass is 19.3. The number of halogens is 4. The van der Waals surface area contributed by atoms with E-state index in [1.807, 2.05) is 6.07 Å². The molecule has 15 heteroatoms. The summed E-state index contributed by atoms with van der Waals surface area (Å²) in [7, 11) is 0. The number of fused-ring (bicyclic) bond motifs is 6. The molecule has 3 aliphatic heterocycles. The lowest BCUT2D eigenvalue weighted by molar-refractivity contribution is -0.150. The minimum atomic E-state index is -3.38. The molecule has 6 rings (SSSR count). The number of hydrogen-bond acceptors (Lipinski definition) is 7. The maximum atomic E-state index is 15.1. The molecule has 0 aromatic carbocycles. The van der Waals surface area contributed by atoms with Gasteiger partial charge in [-0.2, -0.15) is 14.0 Å². The molecular formula is C29H32F4N6O5. The summed E-state index contributed by atoms with van der Waals surface area (Å²) in [6.45, 7) is 4.39. The minimum Gasteiger partial charge on any atom is -0.471 e. The first-order valence-electron chi connectivity index (χ1n) is 14.5. The molecule has 2 N–H and O–H groups in total. The van der Waals surface area contributed by atoms with Crippen LogP contribution in [0.5, 0.6) is 5.75 Å². The van der Waals surface area contributed by atoms with E-state index >= 15 is 4.39 Å². The fraction of sp³-hybridized carbons (Fsp3) is 0.655. The number of likely N-dealkylation sites (tertiary alicyclic amines) is 2. The van der Waals surface area contributed by atoms with Crippen LogP contribution >= 0.6 is 0 Å². The van der Waals surface area contributed by atoms with Gasteiger partial charge in [0.1, 0.15) is 30.1 Å². The summed E-state index contributed by atoms with van der Waals surface area (Å²) in [4.78, 5) is 60.0. The monoisotopic (exact) mass is 620 g/mol. The van der Waals surface area contributed by atoms with Gasteiger partial charge in [-0.3, -0.25) is 19.2 Å². The largest absolute Gasteiger partial charge is 0.471 e. The highest BCUT2D eigenvalue weighted by Crippen LogP contribution is 2.59. The SMILES string of the molecule is CC(C)(C)C(NC(=O)C(F)F)C(=O)N1CC2C3CC(F)C(C3)C2C1C(=O)N1CC2(CC1C#N)Oc1cc(F)cnc1NC2=O. The molecule has 2 bridgehead atoms. The molecular weight excluding hydrogens is 588 g/mol. The van der Waals surface area contributed by atoms with Crippen molar-refractivity contribution in [2.75, 3.05) is 18.4 Å². The Kier molecular flexibility index (Phi) is 7.05. The molecule has 4 amide bonds. The maximum Gasteiger partial charge on any atom is 0.315 e. The van der Waals surface area contributed by atoms with E-state index in [9.17, 15) is 37.6 Å². The second-order valence-electron chi connectivity index (χ2n) is 13.6. The molecule has 2 saturated carbocycles. The van der Waals surface area contributed by atoms with Crippen molar-refractivity contribution in [3.05, 3.63) is 18.1 Å². The van der Waals surface area contributed by atoms with Gasteiger partial charge in [0.25, 0.3) is 11.8 Å². The van der Waals surface area contributed by atoms with Crippen LogP contribution in [0.4, 0.5) is 23.4 Å². The number of carbonyl (C=O) groups is 4. The summed E-state index contributed by atoms with van der Waals surface area (Å²) >= 11 is 0. The summed E-state index contributed by atoms with van der Waals surface area (Å²) in [5.74, 6) is -6.12. The number of ether oxygens (including phenoxy) is 1. The van der Waals surface area contributed by atoms with Crippen LogP contribution in [0, 0.1) is 46.2 Å². The lowest BCUT2D eigenvalue weighted by Crippen LogP contribution is -2.60. The topological polar surface area (TPSA) is 145 Å². The first-order chi connectivity index (χ1) is 20.6. The molecule has 11 nitrogen and oxygen atoms in total. The van der Waals surface area contributed by atoms with E-state index < -0.39 is 89.6 Å². The molecule has 0 radical (unpaired) electrons. The molecule has 44 heavy (non-hydrogen) atoms. The van der Waals surface area contributed by atoms with E-state index in [4.69, 9.17) is 4.74 Å². The quantitative estimate of drug-likeness (QED) is 0.490. The summed E-state index contributed by atoms with van der Waals surface area (Å²) < 4.78 is 61.4. The highest BCUT2D eigenvalue weighted by Gasteiger charge is 2.65. The average Bonchev–Trinajstić information content (AvgIpc) is 3.70. The molecule has 9 atom stereocenters. The predicted octanol–water partition coefficient (Wildman–Crippen LogP) is 2.03. The van der Waals surface area contributed by atoms with Gasteiger partial charge in [0.2, 0.25) is 17.4 Å². The normalized spacial score (nSPS) is 34.3.